The Balaban J connectivity index is 0.00000240. The van der Waals surface area contributed by atoms with Gasteiger partial charge in [0.15, 0.2) is 0 Å². The van der Waals surface area contributed by atoms with E-state index in [9.17, 15) is 4.79 Å². The topological polar surface area (TPSA) is 72.1 Å². The van der Waals surface area contributed by atoms with Crippen molar-refractivity contribution in [3.63, 3.8) is 0 Å². The van der Waals surface area contributed by atoms with Crippen LogP contribution in [0.3, 0.4) is 0 Å². The number of hydrogen-bond acceptors (Lipinski definition) is 4. The number of nitrogens with zero attached hydrogens (tertiary/aromatic N) is 3. The van der Waals surface area contributed by atoms with E-state index in [0.29, 0.717) is 18.0 Å². The molecular weight excluding hydrogens is 407 g/mol. The standard InChI is InChI=1S/C22H27ClN4O.ClH/c23-19-3-1-2-18(12-19)22(15-24)9-6-20(7-10-22)27(14-16-4-5-16)21(28)17-8-11-25-26-13-17;/h1-3,8,11-13,16,20H,4-7,9-10,14-15,24H2;1H/t20-,22+;. The summed E-state index contributed by atoms with van der Waals surface area (Å²) in [4.78, 5) is 15.3. The van der Waals surface area contributed by atoms with Crippen molar-refractivity contribution in [3.05, 3.63) is 58.9 Å². The van der Waals surface area contributed by atoms with Gasteiger partial charge in [-0.15, -0.1) is 12.4 Å². The molecule has 2 aromatic rings. The molecule has 2 aliphatic rings. The summed E-state index contributed by atoms with van der Waals surface area (Å²) in [5, 5.41) is 8.44. The van der Waals surface area contributed by atoms with Gasteiger partial charge in [0.05, 0.1) is 18.0 Å². The number of hydrogen-bond donors (Lipinski definition) is 1. The Morgan fingerprint density at radius 1 is 1.17 bits per heavy atom. The third-order valence-corrected chi connectivity index (χ3v) is 6.66. The van der Waals surface area contributed by atoms with Gasteiger partial charge >= 0.3 is 0 Å². The van der Waals surface area contributed by atoms with Gasteiger partial charge in [0, 0.05) is 29.6 Å². The normalized spacial score (nSPS) is 23.9. The van der Waals surface area contributed by atoms with Crippen molar-refractivity contribution in [1.82, 2.24) is 15.1 Å². The van der Waals surface area contributed by atoms with Crippen LogP contribution in [-0.4, -0.2) is 40.1 Å². The van der Waals surface area contributed by atoms with Crippen LogP contribution in [0.25, 0.3) is 0 Å². The summed E-state index contributed by atoms with van der Waals surface area (Å²) in [7, 11) is 0. The van der Waals surface area contributed by atoms with E-state index in [1.807, 2.05) is 18.2 Å². The Bertz CT molecular complexity index is 821. The predicted molar refractivity (Wildman–Crippen MR) is 117 cm³/mol. The molecule has 29 heavy (non-hydrogen) atoms. The highest BCUT2D eigenvalue weighted by molar-refractivity contribution is 6.30. The lowest BCUT2D eigenvalue weighted by Gasteiger charge is -2.43. The summed E-state index contributed by atoms with van der Waals surface area (Å²) in [6, 6.07) is 10.1. The van der Waals surface area contributed by atoms with Crippen LogP contribution in [0.1, 0.15) is 54.4 Å². The Kier molecular flexibility index (Phi) is 7.14. The zero-order chi connectivity index (χ0) is 19.6. The third-order valence-electron chi connectivity index (χ3n) is 6.42. The number of nitrogens with two attached hydrogens (primary N) is 1. The van der Waals surface area contributed by atoms with Crippen molar-refractivity contribution in [3.8, 4) is 0 Å². The van der Waals surface area contributed by atoms with Crippen LogP contribution < -0.4 is 5.73 Å². The molecule has 0 saturated heterocycles. The molecule has 1 aromatic heterocycles. The second kappa shape index (κ2) is 9.41. The van der Waals surface area contributed by atoms with Crippen LogP contribution in [0.4, 0.5) is 0 Å². The van der Waals surface area contributed by atoms with Crippen LogP contribution in [0, 0.1) is 5.92 Å². The summed E-state index contributed by atoms with van der Waals surface area (Å²) in [6.45, 7) is 1.45. The minimum absolute atomic E-state index is 0. The first-order valence-electron chi connectivity index (χ1n) is 10.1. The molecule has 1 amide bonds. The fraction of sp³-hybridized carbons (Fsp3) is 0.500. The van der Waals surface area contributed by atoms with Gasteiger partial charge < -0.3 is 10.6 Å². The van der Waals surface area contributed by atoms with E-state index >= 15 is 0 Å². The summed E-state index contributed by atoms with van der Waals surface area (Å²) in [5.41, 5.74) is 8.04. The molecule has 0 aliphatic heterocycles. The van der Waals surface area contributed by atoms with Crippen LogP contribution in [-0.2, 0) is 5.41 Å². The van der Waals surface area contributed by atoms with Gasteiger partial charge in [-0.05, 0) is 68.2 Å². The number of carbonyl (C=O) groups excluding carboxylic acids is 1. The molecule has 156 valence electrons. The molecule has 7 heteroatoms. The maximum Gasteiger partial charge on any atom is 0.255 e. The number of rotatable bonds is 6. The van der Waals surface area contributed by atoms with Crippen molar-refractivity contribution in [1.29, 1.82) is 0 Å². The second-order valence-corrected chi connectivity index (χ2v) is 8.69. The van der Waals surface area contributed by atoms with E-state index in [2.05, 4.69) is 21.2 Å². The van der Waals surface area contributed by atoms with Gasteiger partial charge in [-0.3, -0.25) is 4.79 Å². The molecule has 0 bridgehead atoms. The number of amides is 1. The monoisotopic (exact) mass is 434 g/mol. The SMILES string of the molecule is Cl.NC[C@]1(c2cccc(Cl)c2)CC[C@@H](N(CC2CC2)C(=O)c2ccnnc2)CC1. The maximum atomic E-state index is 13.2. The third kappa shape index (κ3) is 4.90. The molecule has 0 atom stereocenters. The molecule has 0 spiro atoms. The molecule has 2 fully saturated rings. The fourth-order valence-electron chi connectivity index (χ4n) is 4.46. The first kappa shape index (κ1) is 22.0. The largest absolute Gasteiger partial charge is 0.335 e. The van der Waals surface area contributed by atoms with Crippen molar-refractivity contribution in [2.75, 3.05) is 13.1 Å². The van der Waals surface area contributed by atoms with Crippen LogP contribution in [0.2, 0.25) is 5.02 Å². The highest BCUT2D eigenvalue weighted by atomic mass is 35.5. The van der Waals surface area contributed by atoms with E-state index < -0.39 is 0 Å². The van der Waals surface area contributed by atoms with E-state index in [1.54, 1.807) is 18.5 Å². The number of aromatic nitrogens is 2. The van der Waals surface area contributed by atoms with E-state index in [1.165, 1.54) is 18.4 Å². The van der Waals surface area contributed by atoms with Crippen molar-refractivity contribution in [2.24, 2.45) is 11.7 Å². The highest BCUT2D eigenvalue weighted by Gasteiger charge is 2.40. The Morgan fingerprint density at radius 3 is 2.52 bits per heavy atom. The fourth-order valence-corrected chi connectivity index (χ4v) is 4.65. The van der Waals surface area contributed by atoms with Crippen LogP contribution >= 0.6 is 24.0 Å². The first-order chi connectivity index (χ1) is 13.6. The minimum atomic E-state index is -0.0477. The molecule has 2 N–H and O–H groups in total. The lowest BCUT2D eigenvalue weighted by atomic mass is 9.68. The lowest BCUT2D eigenvalue weighted by Crippen LogP contribution is -2.48. The quantitative estimate of drug-likeness (QED) is 0.737. The smallest absolute Gasteiger partial charge is 0.255 e. The van der Waals surface area contributed by atoms with Crippen molar-refractivity contribution < 1.29 is 4.79 Å². The molecular formula is C22H28Cl2N4O. The Hall–Kier alpha value is -1.69. The zero-order valence-corrected chi connectivity index (χ0v) is 18.0. The number of halogens is 2. The predicted octanol–water partition coefficient (Wildman–Crippen LogP) is 4.24. The second-order valence-electron chi connectivity index (χ2n) is 8.26. The lowest BCUT2D eigenvalue weighted by molar-refractivity contribution is 0.0581. The van der Waals surface area contributed by atoms with Crippen LogP contribution in [0.5, 0.6) is 0 Å². The van der Waals surface area contributed by atoms with E-state index in [0.717, 1.165) is 37.3 Å². The first-order valence-corrected chi connectivity index (χ1v) is 10.5. The summed E-state index contributed by atoms with van der Waals surface area (Å²) >= 11 is 6.23. The molecule has 0 radical (unpaired) electrons. The summed E-state index contributed by atoms with van der Waals surface area (Å²) in [6.07, 6.45) is 9.46. The maximum absolute atomic E-state index is 13.2. The Morgan fingerprint density at radius 2 is 1.93 bits per heavy atom. The van der Waals surface area contributed by atoms with Gasteiger partial charge in [-0.2, -0.15) is 10.2 Å². The number of carbonyl (C=O) groups is 1. The molecule has 1 aromatic carbocycles. The molecule has 4 rings (SSSR count). The van der Waals surface area contributed by atoms with Gasteiger partial charge in [0.2, 0.25) is 0 Å². The van der Waals surface area contributed by atoms with Crippen LogP contribution in [0.15, 0.2) is 42.7 Å². The number of benzene rings is 1. The van der Waals surface area contributed by atoms with Crippen molar-refractivity contribution >= 4 is 29.9 Å². The van der Waals surface area contributed by atoms with Gasteiger partial charge in [-0.25, -0.2) is 0 Å². The van der Waals surface area contributed by atoms with E-state index in [-0.39, 0.29) is 29.8 Å². The molecule has 1 heterocycles. The van der Waals surface area contributed by atoms with Gasteiger partial charge in [0.25, 0.3) is 5.91 Å². The van der Waals surface area contributed by atoms with Crippen molar-refractivity contribution in [2.45, 2.75) is 50.0 Å². The van der Waals surface area contributed by atoms with Gasteiger partial charge in [0.1, 0.15) is 0 Å². The summed E-state index contributed by atoms with van der Waals surface area (Å²) < 4.78 is 0. The average molecular weight is 435 g/mol. The average Bonchev–Trinajstić information content (AvgIpc) is 3.57. The minimum Gasteiger partial charge on any atom is -0.335 e. The summed E-state index contributed by atoms with van der Waals surface area (Å²) in [5.74, 6) is 0.725. The molecule has 0 unspecified atom stereocenters. The van der Waals surface area contributed by atoms with E-state index in [4.69, 9.17) is 17.3 Å². The van der Waals surface area contributed by atoms with Gasteiger partial charge in [-0.1, -0.05) is 23.7 Å². The molecule has 2 saturated carbocycles. The highest BCUT2D eigenvalue weighted by Crippen LogP contribution is 2.42. The Labute approximate surface area is 183 Å². The zero-order valence-electron chi connectivity index (χ0n) is 16.5. The molecule has 2 aliphatic carbocycles. The molecule has 5 nitrogen and oxygen atoms in total.